The van der Waals surface area contributed by atoms with E-state index in [0.717, 1.165) is 96.3 Å². The quantitative estimate of drug-likeness (QED) is 0.0222. The van der Waals surface area contributed by atoms with Crippen molar-refractivity contribution < 1.29 is 80.2 Å². The van der Waals surface area contributed by atoms with Crippen molar-refractivity contribution in [2.45, 2.75) is 335 Å². The van der Waals surface area contributed by atoms with E-state index in [2.05, 4.69) is 27.7 Å². The predicted molar refractivity (Wildman–Crippen MR) is 322 cm³/mol. The smallest absolute Gasteiger partial charge is 0.462 e. The van der Waals surface area contributed by atoms with E-state index >= 15 is 0 Å². The fourth-order valence-corrected chi connectivity index (χ4v) is 10.9. The van der Waals surface area contributed by atoms with Gasteiger partial charge >= 0.3 is 39.5 Å². The Morgan fingerprint density at radius 2 is 0.494 bits per heavy atom. The minimum absolute atomic E-state index is 0.105. The molecule has 0 saturated carbocycles. The fourth-order valence-electron chi connectivity index (χ4n) is 9.28. The van der Waals surface area contributed by atoms with Crippen LogP contribution in [0.25, 0.3) is 0 Å². The maximum absolute atomic E-state index is 12.9. The van der Waals surface area contributed by atoms with E-state index in [-0.39, 0.29) is 25.7 Å². The second-order valence-electron chi connectivity index (χ2n) is 22.4. The van der Waals surface area contributed by atoms with Gasteiger partial charge in [0.15, 0.2) is 12.2 Å². The summed E-state index contributed by atoms with van der Waals surface area (Å²) in [6, 6.07) is 0. The summed E-state index contributed by atoms with van der Waals surface area (Å²) >= 11 is 0. The van der Waals surface area contributed by atoms with Crippen molar-refractivity contribution in [3.05, 3.63) is 0 Å². The van der Waals surface area contributed by atoms with Gasteiger partial charge in [-0.1, -0.05) is 265 Å². The summed E-state index contributed by atoms with van der Waals surface area (Å²) in [6.07, 6.45) is 42.1. The molecule has 19 heteroatoms. The molecule has 0 saturated heterocycles. The van der Waals surface area contributed by atoms with E-state index < -0.39 is 97.5 Å². The number of hydrogen-bond acceptors (Lipinski definition) is 15. The third-order valence-electron chi connectivity index (χ3n) is 14.4. The molecule has 3 N–H and O–H groups in total. The number of carbonyl (C=O) groups is 4. The number of ether oxygens (including phenoxy) is 4. The number of hydrogen-bond donors (Lipinski definition) is 3. The molecule has 17 nitrogen and oxygen atoms in total. The Kier molecular flexibility index (Phi) is 55.8. The number of aliphatic hydroxyl groups is 1. The average Bonchev–Trinajstić information content (AvgIpc) is 3.44. The molecular weight excluding hydrogens is 1080 g/mol. The number of unbranched alkanes of at least 4 members (excludes halogenated alkanes) is 37. The van der Waals surface area contributed by atoms with Gasteiger partial charge in [0.1, 0.15) is 19.3 Å². The fraction of sp³-hybridized carbons (Fsp3) is 0.935. The molecule has 0 bridgehead atoms. The van der Waals surface area contributed by atoms with E-state index in [1.54, 1.807) is 0 Å². The number of carbonyl (C=O) groups excluding carboxylic acids is 4. The van der Waals surface area contributed by atoms with Crippen LogP contribution in [0.3, 0.4) is 0 Å². The SMILES string of the molecule is CCCCCCCCCCCCCCCCCCCCC(=O)O[C@H](COC(=O)CCCCCCCCCCC)COP(=O)(O)OC[C@@H](O)COP(=O)(O)OC[C@@H](COC(=O)CCCCCCC)OC(=O)CCCCCCCCCCC. The zero-order valence-corrected chi connectivity index (χ0v) is 53.5. The van der Waals surface area contributed by atoms with Crippen LogP contribution in [-0.4, -0.2) is 96.7 Å². The molecule has 0 aliphatic rings. The van der Waals surface area contributed by atoms with Crippen molar-refractivity contribution in [2.24, 2.45) is 0 Å². The lowest BCUT2D eigenvalue weighted by Gasteiger charge is -2.21. The molecule has 480 valence electrons. The minimum Gasteiger partial charge on any atom is -0.462 e. The Bertz CT molecular complexity index is 1570. The van der Waals surface area contributed by atoms with Gasteiger partial charge in [0, 0.05) is 25.7 Å². The van der Waals surface area contributed by atoms with Gasteiger partial charge < -0.3 is 33.8 Å². The number of aliphatic hydroxyl groups excluding tert-OH is 1. The lowest BCUT2D eigenvalue weighted by atomic mass is 10.0. The van der Waals surface area contributed by atoms with Gasteiger partial charge in [-0.2, -0.15) is 0 Å². The van der Waals surface area contributed by atoms with Gasteiger partial charge in [0.05, 0.1) is 26.4 Å². The Labute approximate surface area is 492 Å². The van der Waals surface area contributed by atoms with E-state index in [1.165, 1.54) is 141 Å². The van der Waals surface area contributed by atoms with Gasteiger partial charge in [-0.25, -0.2) is 9.13 Å². The molecule has 0 spiro atoms. The van der Waals surface area contributed by atoms with E-state index in [1.807, 2.05) is 0 Å². The molecule has 0 aromatic heterocycles. The third-order valence-corrected chi connectivity index (χ3v) is 16.3. The summed E-state index contributed by atoms with van der Waals surface area (Å²) in [5.41, 5.74) is 0. The summed E-state index contributed by atoms with van der Waals surface area (Å²) in [5, 5.41) is 10.5. The largest absolute Gasteiger partial charge is 0.472 e. The first-order valence-electron chi connectivity index (χ1n) is 32.8. The van der Waals surface area contributed by atoms with Gasteiger partial charge in [-0.3, -0.25) is 37.3 Å². The molecule has 0 aliphatic carbocycles. The van der Waals surface area contributed by atoms with Crippen LogP contribution in [-0.2, 0) is 65.4 Å². The average molecular weight is 1200 g/mol. The van der Waals surface area contributed by atoms with Crippen LogP contribution in [0.15, 0.2) is 0 Å². The topological polar surface area (TPSA) is 237 Å². The first kappa shape index (κ1) is 79.1. The zero-order chi connectivity index (χ0) is 59.8. The molecule has 0 heterocycles. The Balaban J connectivity index is 5.10. The van der Waals surface area contributed by atoms with Gasteiger partial charge in [0.2, 0.25) is 0 Å². The van der Waals surface area contributed by atoms with Gasteiger partial charge in [-0.05, 0) is 25.7 Å². The van der Waals surface area contributed by atoms with Crippen molar-refractivity contribution in [1.29, 1.82) is 0 Å². The highest BCUT2D eigenvalue weighted by Crippen LogP contribution is 2.45. The van der Waals surface area contributed by atoms with Crippen LogP contribution in [0.4, 0.5) is 0 Å². The molecule has 0 aromatic carbocycles. The number of phosphoric acid groups is 2. The standard InChI is InChI=1S/C62H120O17P2/c1-5-9-13-17-20-23-24-25-26-27-28-29-30-31-34-37-41-45-49-62(67)79-58(53-73-60(65)47-43-39-35-32-21-18-14-10-6-2)55-77-81(70,71)75-51-56(63)50-74-80(68,69)76-54-57(52-72-59(64)46-42-38-16-12-8-4)78-61(66)48-44-40-36-33-22-19-15-11-7-3/h56-58,63H,5-55H2,1-4H3,(H,68,69)(H,70,71)/t56-,57+,58+/m0/s1. The molecule has 81 heavy (non-hydrogen) atoms. The van der Waals surface area contributed by atoms with Crippen molar-refractivity contribution in [1.82, 2.24) is 0 Å². The van der Waals surface area contributed by atoms with Gasteiger partial charge in [-0.15, -0.1) is 0 Å². The minimum atomic E-state index is -4.94. The number of rotatable bonds is 63. The number of phosphoric ester groups is 2. The molecule has 0 amide bonds. The summed E-state index contributed by atoms with van der Waals surface area (Å²) in [7, 11) is -9.87. The lowest BCUT2D eigenvalue weighted by molar-refractivity contribution is -0.161. The summed E-state index contributed by atoms with van der Waals surface area (Å²) in [5.74, 6) is -2.15. The maximum atomic E-state index is 12.9. The van der Waals surface area contributed by atoms with Crippen LogP contribution in [0.2, 0.25) is 0 Å². The summed E-state index contributed by atoms with van der Waals surface area (Å²) in [4.78, 5) is 71.8. The van der Waals surface area contributed by atoms with E-state index in [4.69, 9.17) is 37.0 Å². The van der Waals surface area contributed by atoms with Crippen LogP contribution < -0.4 is 0 Å². The van der Waals surface area contributed by atoms with Crippen LogP contribution >= 0.6 is 15.6 Å². The van der Waals surface area contributed by atoms with E-state index in [9.17, 15) is 43.2 Å². The van der Waals surface area contributed by atoms with Crippen LogP contribution in [0.5, 0.6) is 0 Å². The molecule has 0 radical (unpaired) electrons. The summed E-state index contributed by atoms with van der Waals surface area (Å²) in [6.45, 7) is 4.76. The van der Waals surface area contributed by atoms with Crippen molar-refractivity contribution in [3.63, 3.8) is 0 Å². The third kappa shape index (κ3) is 56.9. The van der Waals surface area contributed by atoms with Crippen LogP contribution in [0.1, 0.15) is 317 Å². The summed E-state index contributed by atoms with van der Waals surface area (Å²) < 4.78 is 67.6. The molecule has 0 rings (SSSR count). The first-order chi connectivity index (χ1) is 39.2. The lowest BCUT2D eigenvalue weighted by Crippen LogP contribution is -2.30. The zero-order valence-electron chi connectivity index (χ0n) is 51.7. The highest BCUT2D eigenvalue weighted by Gasteiger charge is 2.30. The van der Waals surface area contributed by atoms with Crippen LogP contribution in [0, 0.1) is 0 Å². The monoisotopic (exact) mass is 1200 g/mol. The highest BCUT2D eigenvalue weighted by molar-refractivity contribution is 7.47. The molecule has 2 unspecified atom stereocenters. The maximum Gasteiger partial charge on any atom is 0.472 e. The molecule has 5 atom stereocenters. The Morgan fingerprint density at radius 3 is 0.728 bits per heavy atom. The molecule has 0 aliphatic heterocycles. The van der Waals surface area contributed by atoms with Crippen molar-refractivity contribution >= 4 is 39.5 Å². The van der Waals surface area contributed by atoms with Crippen molar-refractivity contribution in [3.8, 4) is 0 Å². The normalized spacial score (nSPS) is 14.2. The van der Waals surface area contributed by atoms with Gasteiger partial charge in [0.25, 0.3) is 0 Å². The molecular formula is C62H120O17P2. The Hall–Kier alpha value is -1.94. The van der Waals surface area contributed by atoms with Crippen molar-refractivity contribution in [2.75, 3.05) is 39.6 Å². The predicted octanol–water partition coefficient (Wildman–Crippen LogP) is 17.2. The molecule has 0 aromatic rings. The Morgan fingerprint density at radius 1 is 0.296 bits per heavy atom. The number of esters is 4. The second-order valence-corrected chi connectivity index (χ2v) is 25.4. The molecule has 0 fully saturated rings. The van der Waals surface area contributed by atoms with E-state index in [0.29, 0.717) is 25.7 Å². The highest BCUT2D eigenvalue weighted by atomic mass is 31.2. The first-order valence-corrected chi connectivity index (χ1v) is 35.8. The second kappa shape index (κ2) is 57.2.